The number of aliphatic hydroxyl groups excluding tert-OH is 3. The zero-order valence-corrected chi connectivity index (χ0v) is 11.3. The Balaban J connectivity index is 2.17. The maximum absolute atomic E-state index is 12.4. The molecule has 0 radical (unpaired) electrons. The summed E-state index contributed by atoms with van der Waals surface area (Å²) in [6.45, 7) is -0.530. The molecule has 1 fully saturated rings. The van der Waals surface area contributed by atoms with Crippen molar-refractivity contribution in [2.45, 2.75) is 24.5 Å². The van der Waals surface area contributed by atoms with Crippen molar-refractivity contribution < 1.29 is 20.1 Å². The average Bonchev–Trinajstić information content (AvgIpc) is 2.78. The van der Waals surface area contributed by atoms with Gasteiger partial charge in [0.15, 0.2) is 6.23 Å². The van der Waals surface area contributed by atoms with E-state index in [2.05, 4.69) is 5.10 Å². The van der Waals surface area contributed by atoms with Crippen LogP contribution in [0.4, 0.5) is 5.69 Å². The number of hydrogen-bond acceptors (Lipinski definition) is 7. The molecule has 0 saturated carbocycles. The highest BCUT2D eigenvalue weighted by Crippen LogP contribution is 2.27. The quantitative estimate of drug-likeness (QED) is 0.398. The van der Waals surface area contributed by atoms with Crippen molar-refractivity contribution in [1.82, 2.24) is 9.78 Å². The fourth-order valence-electron chi connectivity index (χ4n) is 2.56. The van der Waals surface area contributed by atoms with Gasteiger partial charge in [-0.05, 0) is 18.2 Å². The van der Waals surface area contributed by atoms with Gasteiger partial charge < -0.3 is 25.8 Å². The van der Waals surface area contributed by atoms with Gasteiger partial charge in [0.25, 0.3) is 11.1 Å². The Bertz CT molecular complexity index is 829. The molecule has 3 rings (SSSR count). The van der Waals surface area contributed by atoms with Crippen molar-refractivity contribution in [2.24, 2.45) is 0 Å². The van der Waals surface area contributed by atoms with Gasteiger partial charge in [0.2, 0.25) is 0 Å². The minimum Gasteiger partial charge on any atom is -0.399 e. The summed E-state index contributed by atoms with van der Waals surface area (Å²) in [5.74, 6) is 0. The standard InChI is InChI=1S/C13H15N3O6/c14-5-1-2-6-7(3-5)11(20)15-16(12(6)21)13-10(19)9(18)8(4-17)22-13/h1-3,8-10,13,17-19H,4,14H2,(H,15,20)/t8-,9-,10-,13-/m1/s1. The molecule has 0 spiro atoms. The van der Waals surface area contributed by atoms with Crippen LogP contribution in [0.5, 0.6) is 0 Å². The van der Waals surface area contributed by atoms with Gasteiger partial charge in [-0.2, -0.15) is 0 Å². The first kappa shape index (κ1) is 14.7. The Kier molecular flexibility index (Phi) is 3.49. The number of aromatic nitrogens is 2. The van der Waals surface area contributed by atoms with Gasteiger partial charge in [-0.15, -0.1) is 0 Å². The number of nitrogen functional groups attached to an aromatic ring is 1. The number of hydrogen-bond donors (Lipinski definition) is 5. The lowest BCUT2D eigenvalue weighted by Crippen LogP contribution is -2.38. The number of nitrogens with zero attached hydrogens (tertiary/aromatic N) is 1. The van der Waals surface area contributed by atoms with E-state index in [1.807, 2.05) is 0 Å². The zero-order chi connectivity index (χ0) is 16.0. The van der Waals surface area contributed by atoms with Crippen LogP contribution in [0.1, 0.15) is 6.23 Å². The number of aliphatic hydroxyl groups is 3. The number of aromatic amines is 1. The highest BCUT2D eigenvalue weighted by molar-refractivity contribution is 5.83. The highest BCUT2D eigenvalue weighted by Gasteiger charge is 2.44. The first-order valence-electron chi connectivity index (χ1n) is 6.60. The lowest BCUT2D eigenvalue weighted by molar-refractivity contribution is -0.0609. The average molecular weight is 309 g/mol. The summed E-state index contributed by atoms with van der Waals surface area (Å²) < 4.78 is 6.06. The molecule has 9 nitrogen and oxygen atoms in total. The Hall–Kier alpha value is -2.20. The van der Waals surface area contributed by atoms with Crippen molar-refractivity contribution in [3.63, 3.8) is 0 Å². The summed E-state index contributed by atoms with van der Waals surface area (Å²) in [7, 11) is 0. The third-order valence-electron chi connectivity index (χ3n) is 3.73. The molecule has 1 aromatic carbocycles. The summed E-state index contributed by atoms with van der Waals surface area (Å²) in [4.78, 5) is 24.5. The smallest absolute Gasteiger partial charge is 0.275 e. The molecule has 1 aliphatic heterocycles. The molecule has 9 heteroatoms. The second-order valence-electron chi connectivity index (χ2n) is 5.15. The maximum Gasteiger partial charge on any atom is 0.275 e. The predicted octanol–water partition coefficient (Wildman–Crippen LogP) is -2.12. The van der Waals surface area contributed by atoms with Crippen molar-refractivity contribution in [3.05, 3.63) is 38.9 Å². The number of H-pyrrole nitrogens is 1. The van der Waals surface area contributed by atoms with E-state index in [1.165, 1.54) is 18.2 Å². The molecule has 22 heavy (non-hydrogen) atoms. The monoisotopic (exact) mass is 309 g/mol. The summed E-state index contributed by atoms with van der Waals surface area (Å²) in [5, 5.41) is 31.3. The van der Waals surface area contributed by atoms with Crippen molar-refractivity contribution in [1.29, 1.82) is 0 Å². The molecule has 1 aliphatic rings. The van der Waals surface area contributed by atoms with Crippen LogP contribution in [-0.2, 0) is 4.74 Å². The van der Waals surface area contributed by atoms with E-state index in [9.17, 15) is 19.8 Å². The van der Waals surface area contributed by atoms with Crippen LogP contribution in [-0.4, -0.2) is 50.0 Å². The van der Waals surface area contributed by atoms with E-state index >= 15 is 0 Å². The molecule has 2 heterocycles. The Labute approximate surface area is 123 Å². The van der Waals surface area contributed by atoms with Crippen molar-refractivity contribution in [2.75, 3.05) is 12.3 Å². The molecule has 2 aromatic rings. The summed E-state index contributed by atoms with van der Waals surface area (Å²) in [6.07, 6.45) is -5.17. The Morgan fingerprint density at radius 2 is 1.95 bits per heavy atom. The summed E-state index contributed by atoms with van der Waals surface area (Å²) in [5.41, 5.74) is 4.74. The number of fused-ring (bicyclic) bond motifs is 1. The van der Waals surface area contributed by atoms with Crippen molar-refractivity contribution >= 4 is 16.5 Å². The second-order valence-corrected chi connectivity index (χ2v) is 5.15. The Morgan fingerprint density at radius 3 is 2.59 bits per heavy atom. The molecule has 0 unspecified atom stereocenters. The van der Waals surface area contributed by atoms with E-state index in [0.29, 0.717) is 5.69 Å². The second kappa shape index (κ2) is 5.21. The molecule has 6 N–H and O–H groups in total. The van der Waals surface area contributed by atoms with Gasteiger partial charge >= 0.3 is 0 Å². The third kappa shape index (κ3) is 2.11. The molecule has 1 aromatic heterocycles. The van der Waals surface area contributed by atoms with Gasteiger partial charge in [0, 0.05) is 5.69 Å². The zero-order valence-electron chi connectivity index (χ0n) is 11.3. The van der Waals surface area contributed by atoms with Crippen LogP contribution >= 0.6 is 0 Å². The summed E-state index contributed by atoms with van der Waals surface area (Å²) in [6, 6.07) is 4.25. The largest absolute Gasteiger partial charge is 0.399 e. The van der Waals surface area contributed by atoms with Gasteiger partial charge in [-0.1, -0.05) is 0 Å². The van der Waals surface area contributed by atoms with E-state index in [1.54, 1.807) is 0 Å². The van der Waals surface area contributed by atoms with Gasteiger partial charge in [0.05, 0.1) is 17.4 Å². The van der Waals surface area contributed by atoms with Crippen LogP contribution in [0.25, 0.3) is 10.8 Å². The normalized spacial score (nSPS) is 28.3. The van der Waals surface area contributed by atoms with Gasteiger partial charge in [0.1, 0.15) is 18.3 Å². The summed E-state index contributed by atoms with van der Waals surface area (Å²) >= 11 is 0. The topological polar surface area (TPSA) is 151 Å². The van der Waals surface area contributed by atoms with E-state index < -0.39 is 42.3 Å². The highest BCUT2D eigenvalue weighted by atomic mass is 16.6. The third-order valence-corrected chi connectivity index (χ3v) is 3.73. The number of rotatable bonds is 2. The van der Waals surface area contributed by atoms with Crippen LogP contribution in [0.15, 0.2) is 27.8 Å². The molecule has 118 valence electrons. The van der Waals surface area contributed by atoms with E-state index in [0.717, 1.165) is 4.68 Å². The van der Waals surface area contributed by atoms with Crippen LogP contribution in [0.2, 0.25) is 0 Å². The molecule has 4 atom stereocenters. The van der Waals surface area contributed by atoms with Gasteiger partial charge in [-0.3, -0.25) is 14.7 Å². The lowest BCUT2D eigenvalue weighted by atomic mass is 10.1. The van der Waals surface area contributed by atoms with Crippen LogP contribution < -0.4 is 16.9 Å². The molecule has 1 saturated heterocycles. The number of nitrogens with one attached hydrogen (secondary N) is 1. The van der Waals surface area contributed by atoms with E-state index in [-0.39, 0.29) is 10.8 Å². The SMILES string of the molecule is Nc1ccc2c(=O)n([C@@H]3O[C@H](CO)[C@@H](O)[C@H]3O)[nH]c(=O)c2c1. The predicted molar refractivity (Wildman–Crippen MR) is 76.3 cm³/mol. The number of nitrogens with two attached hydrogens (primary N) is 1. The number of ether oxygens (including phenoxy) is 1. The van der Waals surface area contributed by atoms with Gasteiger partial charge in [-0.25, -0.2) is 4.68 Å². The van der Waals surface area contributed by atoms with Crippen LogP contribution in [0, 0.1) is 0 Å². The van der Waals surface area contributed by atoms with Crippen molar-refractivity contribution in [3.8, 4) is 0 Å². The first-order valence-corrected chi connectivity index (χ1v) is 6.60. The van der Waals surface area contributed by atoms with Crippen LogP contribution in [0.3, 0.4) is 0 Å². The molecule has 0 amide bonds. The fourth-order valence-corrected chi connectivity index (χ4v) is 2.56. The first-order chi connectivity index (χ1) is 10.4. The number of benzene rings is 1. The fraction of sp³-hybridized carbons (Fsp3) is 0.385. The molecule has 0 bridgehead atoms. The molecule has 0 aliphatic carbocycles. The Morgan fingerprint density at radius 1 is 1.23 bits per heavy atom. The number of anilines is 1. The van der Waals surface area contributed by atoms with E-state index in [4.69, 9.17) is 15.6 Å². The minimum absolute atomic E-state index is 0.107. The maximum atomic E-state index is 12.4. The lowest BCUT2D eigenvalue weighted by Gasteiger charge is -2.17. The molecular weight excluding hydrogens is 294 g/mol. The minimum atomic E-state index is -1.46. The molecular formula is C13H15N3O6.